The van der Waals surface area contributed by atoms with Gasteiger partial charge >= 0.3 is 5.69 Å². The van der Waals surface area contributed by atoms with Crippen LogP contribution in [0, 0.1) is 0 Å². The Kier molecular flexibility index (Phi) is 5.29. The molecule has 4 heterocycles. The van der Waals surface area contributed by atoms with E-state index in [-0.39, 0.29) is 17.6 Å². The number of hydrogen-bond acceptors (Lipinski definition) is 5. The molecule has 3 aliphatic rings. The fourth-order valence-electron chi connectivity index (χ4n) is 5.10. The molecule has 0 aromatic carbocycles. The van der Waals surface area contributed by atoms with Crippen LogP contribution in [0.1, 0.15) is 59.9 Å². The van der Waals surface area contributed by atoms with Crippen LogP contribution in [0.3, 0.4) is 0 Å². The van der Waals surface area contributed by atoms with Crippen LogP contribution in [0.15, 0.2) is 23.0 Å². The van der Waals surface area contributed by atoms with Crippen molar-refractivity contribution in [2.75, 3.05) is 43.4 Å². The van der Waals surface area contributed by atoms with Gasteiger partial charge in [-0.1, -0.05) is 6.08 Å². The number of aryl methyl sites for hydroxylation is 1. The summed E-state index contributed by atoms with van der Waals surface area (Å²) in [7, 11) is 1.81. The molecular formula is C23H30N6O2. The Morgan fingerprint density at radius 1 is 1.16 bits per heavy atom. The van der Waals surface area contributed by atoms with Crippen molar-refractivity contribution >= 4 is 23.6 Å². The average molecular weight is 423 g/mol. The molecule has 2 N–H and O–H groups in total. The molecule has 5 rings (SSSR count). The topological polar surface area (TPSA) is 86.3 Å². The second kappa shape index (κ2) is 8.24. The number of allylic oxidation sites excluding steroid dienone is 1. The molecule has 1 amide bonds. The molecule has 0 spiro atoms. The van der Waals surface area contributed by atoms with Gasteiger partial charge in [-0.05, 0) is 56.7 Å². The van der Waals surface area contributed by atoms with Gasteiger partial charge in [0, 0.05) is 45.0 Å². The number of nitrogens with one attached hydrogen (secondary N) is 2. The zero-order valence-electron chi connectivity index (χ0n) is 18.1. The number of carbonyl (C=O) groups excluding carboxylic acids is 1. The van der Waals surface area contributed by atoms with Crippen LogP contribution in [0.2, 0.25) is 0 Å². The van der Waals surface area contributed by atoms with Gasteiger partial charge in [0.05, 0.1) is 11.3 Å². The number of carbonyl (C=O) groups is 1. The first kappa shape index (κ1) is 19.9. The predicted molar refractivity (Wildman–Crippen MR) is 122 cm³/mol. The van der Waals surface area contributed by atoms with Crippen molar-refractivity contribution in [1.82, 2.24) is 19.4 Å². The number of aromatic amines is 1. The molecule has 0 unspecified atom stereocenters. The summed E-state index contributed by atoms with van der Waals surface area (Å²) in [5, 5.41) is 3.11. The van der Waals surface area contributed by atoms with E-state index in [0.29, 0.717) is 11.4 Å². The van der Waals surface area contributed by atoms with Crippen molar-refractivity contribution < 1.29 is 4.79 Å². The number of fused-ring (bicyclic) bond motifs is 1. The molecule has 164 valence electrons. The Bertz CT molecular complexity index is 1050. The number of hydrogen-bond donors (Lipinski definition) is 2. The second-order valence-corrected chi connectivity index (χ2v) is 8.64. The van der Waals surface area contributed by atoms with Gasteiger partial charge in [-0.2, -0.15) is 0 Å². The van der Waals surface area contributed by atoms with E-state index < -0.39 is 0 Å². The summed E-state index contributed by atoms with van der Waals surface area (Å²) >= 11 is 0. The summed E-state index contributed by atoms with van der Waals surface area (Å²) in [6, 6.07) is 4.06. The number of anilines is 2. The minimum Gasteiger partial charge on any atom is -0.372 e. The first-order chi connectivity index (χ1) is 15.2. The van der Waals surface area contributed by atoms with E-state index in [9.17, 15) is 9.59 Å². The van der Waals surface area contributed by atoms with E-state index in [1.54, 1.807) is 0 Å². The molecule has 8 heteroatoms. The van der Waals surface area contributed by atoms with Gasteiger partial charge < -0.3 is 20.1 Å². The highest BCUT2D eigenvalue weighted by Crippen LogP contribution is 2.29. The molecule has 1 aliphatic carbocycles. The molecule has 0 bridgehead atoms. The van der Waals surface area contributed by atoms with E-state index in [1.807, 2.05) is 28.6 Å². The maximum absolute atomic E-state index is 12.8. The van der Waals surface area contributed by atoms with Gasteiger partial charge in [0.2, 0.25) is 0 Å². The van der Waals surface area contributed by atoms with Gasteiger partial charge in [-0.3, -0.25) is 9.36 Å². The lowest BCUT2D eigenvalue weighted by molar-refractivity contribution is 0.0793. The third-order valence-corrected chi connectivity index (χ3v) is 6.78. The number of piperidine rings is 1. The predicted octanol–water partition coefficient (Wildman–Crippen LogP) is 2.65. The van der Waals surface area contributed by atoms with Crippen molar-refractivity contribution in [3.05, 3.63) is 45.6 Å². The van der Waals surface area contributed by atoms with Gasteiger partial charge in [0.25, 0.3) is 5.91 Å². The minimum absolute atomic E-state index is 0.00960. The van der Waals surface area contributed by atoms with E-state index in [0.717, 1.165) is 81.9 Å². The van der Waals surface area contributed by atoms with Gasteiger partial charge in [0.15, 0.2) is 0 Å². The van der Waals surface area contributed by atoms with E-state index in [1.165, 1.54) is 0 Å². The lowest BCUT2D eigenvalue weighted by Crippen LogP contribution is -2.38. The largest absolute Gasteiger partial charge is 0.372 e. The molecule has 2 fully saturated rings. The zero-order chi connectivity index (χ0) is 21.4. The summed E-state index contributed by atoms with van der Waals surface area (Å²) in [4.78, 5) is 37.4. The quantitative estimate of drug-likeness (QED) is 0.791. The number of H-pyrrole nitrogens is 1. The van der Waals surface area contributed by atoms with Crippen LogP contribution >= 0.6 is 0 Å². The van der Waals surface area contributed by atoms with Crippen LogP contribution in [-0.2, 0) is 6.42 Å². The molecule has 8 nitrogen and oxygen atoms in total. The Labute approximate surface area is 182 Å². The molecule has 2 aromatic rings. The molecule has 0 saturated carbocycles. The fourth-order valence-corrected chi connectivity index (χ4v) is 5.10. The first-order valence-electron chi connectivity index (χ1n) is 11.4. The van der Waals surface area contributed by atoms with Crippen LogP contribution < -0.4 is 15.9 Å². The smallest absolute Gasteiger partial charge is 0.326 e. The Hall–Kier alpha value is -3.03. The van der Waals surface area contributed by atoms with Crippen molar-refractivity contribution in [3.8, 4) is 0 Å². The lowest BCUT2D eigenvalue weighted by Gasteiger charge is -2.34. The SMILES string of the molecule is CNc1nc(N2CCC(n3c4c([nH]c3=O)CCC=C4)CC2)ccc1C(=O)N1CCCC1. The zero-order valence-corrected chi connectivity index (χ0v) is 18.1. The molecule has 2 aliphatic heterocycles. The third-order valence-electron chi connectivity index (χ3n) is 6.78. The highest BCUT2D eigenvalue weighted by molar-refractivity contribution is 5.99. The summed E-state index contributed by atoms with van der Waals surface area (Å²) in [6.45, 7) is 3.32. The maximum Gasteiger partial charge on any atom is 0.326 e. The van der Waals surface area contributed by atoms with Gasteiger partial charge in [0.1, 0.15) is 11.6 Å². The number of aromatic nitrogens is 3. The van der Waals surface area contributed by atoms with E-state index in [2.05, 4.69) is 27.4 Å². The lowest BCUT2D eigenvalue weighted by atomic mass is 10.0. The number of pyridine rings is 1. The molecule has 0 atom stereocenters. The molecule has 2 saturated heterocycles. The number of nitrogens with zero attached hydrogens (tertiary/aromatic N) is 4. The number of imidazole rings is 1. The molecule has 31 heavy (non-hydrogen) atoms. The van der Waals surface area contributed by atoms with Crippen molar-refractivity contribution in [2.45, 2.75) is 44.6 Å². The van der Waals surface area contributed by atoms with Crippen LogP contribution in [0.25, 0.3) is 6.08 Å². The normalized spacial score (nSPS) is 19.0. The Balaban J connectivity index is 1.31. The van der Waals surface area contributed by atoms with Crippen molar-refractivity contribution in [1.29, 1.82) is 0 Å². The van der Waals surface area contributed by atoms with Crippen LogP contribution in [0.5, 0.6) is 0 Å². The third kappa shape index (κ3) is 3.64. The summed E-state index contributed by atoms with van der Waals surface area (Å²) in [5.41, 5.74) is 2.76. The average Bonchev–Trinajstić information content (AvgIpc) is 3.46. The van der Waals surface area contributed by atoms with Crippen molar-refractivity contribution in [3.63, 3.8) is 0 Å². The summed E-state index contributed by atoms with van der Waals surface area (Å²) in [6.07, 6.45) is 10.1. The van der Waals surface area contributed by atoms with E-state index >= 15 is 0 Å². The van der Waals surface area contributed by atoms with Crippen LogP contribution in [-0.4, -0.2) is 58.6 Å². The monoisotopic (exact) mass is 422 g/mol. The molecule has 2 aromatic heterocycles. The van der Waals surface area contributed by atoms with Crippen LogP contribution in [0.4, 0.5) is 11.6 Å². The Morgan fingerprint density at radius 2 is 1.94 bits per heavy atom. The Morgan fingerprint density at radius 3 is 2.68 bits per heavy atom. The van der Waals surface area contributed by atoms with E-state index in [4.69, 9.17) is 4.98 Å². The van der Waals surface area contributed by atoms with Gasteiger partial charge in [-0.15, -0.1) is 0 Å². The standard InChI is InChI=1S/C23H30N6O2/c1-24-21-17(22(30)28-12-4-5-13-28)8-9-20(26-21)27-14-10-16(11-15-27)29-19-7-3-2-6-18(19)25-23(29)31/h3,7-9,16H,2,4-6,10-15H2,1H3,(H,24,26)(H,25,31). The highest BCUT2D eigenvalue weighted by Gasteiger charge is 2.27. The van der Waals surface area contributed by atoms with Crippen molar-refractivity contribution in [2.24, 2.45) is 0 Å². The molecular weight excluding hydrogens is 392 g/mol. The second-order valence-electron chi connectivity index (χ2n) is 8.64. The maximum atomic E-state index is 12.8. The number of amides is 1. The molecule has 0 radical (unpaired) electrons. The highest BCUT2D eigenvalue weighted by atomic mass is 16.2. The number of rotatable bonds is 4. The summed E-state index contributed by atoms with van der Waals surface area (Å²) in [5.74, 6) is 1.57. The first-order valence-corrected chi connectivity index (χ1v) is 11.4. The summed E-state index contributed by atoms with van der Waals surface area (Å²) < 4.78 is 1.95. The number of likely N-dealkylation sites (tertiary alicyclic amines) is 1. The minimum atomic E-state index is 0.00960. The fraction of sp³-hybridized carbons (Fsp3) is 0.522. The van der Waals surface area contributed by atoms with Gasteiger partial charge in [-0.25, -0.2) is 9.78 Å².